The van der Waals surface area contributed by atoms with Crippen LogP contribution >= 0.6 is 0 Å². The van der Waals surface area contributed by atoms with Gasteiger partial charge in [-0.25, -0.2) is 9.37 Å². The monoisotopic (exact) mass is 782 g/mol. The molecule has 5 unspecified atom stereocenters. The number of nitrogens with one attached hydrogen (secondary N) is 1. The molecule has 0 aromatic carbocycles. The van der Waals surface area contributed by atoms with Gasteiger partial charge in [0, 0.05) is 76.1 Å². The summed E-state index contributed by atoms with van der Waals surface area (Å²) in [6.07, 6.45) is 10.6. The number of ether oxygens (including phenoxy) is 1. The molecular weight excluding hydrogens is 730 g/mol. The largest absolute Gasteiger partial charge is 0.476 e. The average Bonchev–Trinajstić information content (AvgIpc) is 3.70. The molecule has 1 radical (unpaired) electrons. The topological polar surface area (TPSA) is 189 Å². The molecule has 15 heteroatoms. The van der Waals surface area contributed by atoms with Gasteiger partial charge >= 0.3 is 6.16 Å². The number of hydrogen-bond acceptors (Lipinski definition) is 13. The number of hydrogen-bond donors (Lipinski definition) is 5. The number of aliphatic hydroxyl groups is 3. The van der Waals surface area contributed by atoms with E-state index in [1.807, 2.05) is 25.7 Å². The van der Waals surface area contributed by atoms with Crippen molar-refractivity contribution in [1.82, 2.24) is 25.2 Å². The Morgan fingerprint density at radius 2 is 1.98 bits per heavy atom. The van der Waals surface area contributed by atoms with Crippen LogP contribution in [0.15, 0.2) is 22.7 Å². The van der Waals surface area contributed by atoms with Gasteiger partial charge in [0.15, 0.2) is 5.82 Å². The summed E-state index contributed by atoms with van der Waals surface area (Å²) in [5.41, 5.74) is 6.94. The van der Waals surface area contributed by atoms with Crippen molar-refractivity contribution in [3.05, 3.63) is 41.6 Å². The number of aromatic nitrogens is 3. The van der Waals surface area contributed by atoms with Gasteiger partial charge in [-0.05, 0) is 57.4 Å². The molecule has 0 spiro atoms. The fourth-order valence-corrected chi connectivity index (χ4v) is 8.36. The molecule has 13 nitrogen and oxygen atoms in total. The second-order valence-corrected chi connectivity index (χ2v) is 14.7. The number of halogens is 1. The standard InChI is InChI=1S/C28H38N8O4.C8H14FN.Y/c1-5-22(26(4)11-8-7-9-21(26)19(13-29)14-30)31-18(3)24-32-23(6-2)33-25(34-24)36-15-20-10-12-27(16-36,35-20)17-40-28(37,38)39;1-8-3-2-4-10(8)6-7(9)5-8;/h20,35,37-39H,3,5-8,10-12,15-17,29H2,1-2,4H3;7H,2-6H2,1H3;/q-2;;. The van der Waals surface area contributed by atoms with Crippen LogP contribution in [0, 0.1) is 29.0 Å². The van der Waals surface area contributed by atoms with Crippen LogP contribution in [-0.4, -0.2) is 103 Å². The average molecular weight is 783 g/mol. The van der Waals surface area contributed by atoms with E-state index in [4.69, 9.17) is 20.4 Å². The third-order valence-electron chi connectivity index (χ3n) is 10.9. The van der Waals surface area contributed by atoms with Crippen LogP contribution in [0.2, 0.25) is 0 Å². The molecule has 51 heavy (non-hydrogen) atoms. The maximum absolute atomic E-state index is 12.8. The summed E-state index contributed by atoms with van der Waals surface area (Å²) in [5.74, 6) is 1.43. The minimum atomic E-state index is -3.20. The van der Waals surface area contributed by atoms with Gasteiger partial charge in [-0.15, -0.1) is 6.42 Å². The third-order valence-corrected chi connectivity index (χ3v) is 10.9. The molecule has 5 aliphatic rings. The molecular formula is C36H52FN9O4Y-2. The van der Waals surface area contributed by atoms with Crippen LogP contribution in [0.3, 0.4) is 0 Å². The first-order chi connectivity index (χ1) is 23.7. The van der Waals surface area contributed by atoms with E-state index in [2.05, 4.69) is 52.0 Å². The Balaban J connectivity index is 0.000000451. The Kier molecular flexibility index (Phi) is 13.7. The third kappa shape index (κ3) is 9.48. The van der Waals surface area contributed by atoms with E-state index in [1.165, 1.54) is 12.8 Å². The zero-order valence-corrected chi connectivity index (χ0v) is 33.2. The number of piperazine rings is 1. The van der Waals surface area contributed by atoms with E-state index in [9.17, 15) is 25.0 Å². The SMILES string of the molecule is C=C(N=C(CC)C1(C)CCC[C-]=C1C(C#N)=[C-]N)c1nc(CC)nc(N2CC3CCC(COC(O)(O)O)(C2)N3)n1.CC12CCCN1CC(F)C2.[Y]. The molecule has 5 atom stereocenters. The predicted octanol–water partition coefficient (Wildman–Crippen LogP) is 2.84. The molecule has 4 aliphatic heterocycles. The van der Waals surface area contributed by atoms with E-state index < -0.39 is 23.3 Å². The molecule has 1 aliphatic carbocycles. The molecule has 0 amide bonds. The van der Waals surface area contributed by atoms with Crippen molar-refractivity contribution in [2.45, 2.75) is 121 Å². The zero-order valence-electron chi connectivity index (χ0n) is 30.4. The Morgan fingerprint density at radius 3 is 2.63 bits per heavy atom. The summed E-state index contributed by atoms with van der Waals surface area (Å²) in [6.45, 7) is 15.2. The number of allylic oxidation sites excluding steroid dienone is 3. The molecule has 2 bridgehead atoms. The van der Waals surface area contributed by atoms with Crippen LogP contribution in [-0.2, 0) is 43.9 Å². The van der Waals surface area contributed by atoms with Crippen molar-refractivity contribution < 1.29 is 57.2 Å². The Morgan fingerprint density at radius 1 is 1.22 bits per heavy atom. The minimum absolute atomic E-state index is 0. The van der Waals surface area contributed by atoms with Crippen molar-refractivity contribution in [1.29, 1.82) is 5.26 Å². The van der Waals surface area contributed by atoms with E-state index in [1.54, 1.807) is 0 Å². The van der Waals surface area contributed by atoms with Crippen molar-refractivity contribution in [3.63, 3.8) is 0 Å². The molecule has 277 valence electrons. The Hall–Kier alpha value is -2.22. The van der Waals surface area contributed by atoms with E-state index >= 15 is 0 Å². The summed E-state index contributed by atoms with van der Waals surface area (Å²) < 4.78 is 17.7. The molecule has 6 rings (SSSR count). The van der Waals surface area contributed by atoms with Gasteiger partial charge in [0.1, 0.15) is 17.7 Å². The van der Waals surface area contributed by atoms with Gasteiger partial charge in [-0.3, -0.25) is 15.5 Å². The van der Waals surface area contributed by atoms with Crippen LogP contribution < -0.4 is 16.0 Å². The maximum Gasteiger partial charge on any atom is 0.405 e. The number of nitrogens with zero attached hydrogens (tertiary/aromatic N) is 7. The van der Waals surface area contributed by atoms with Gasteiger partial charge in [0.05, 0.1) is 12.1 Å². The number of nitrogens with two attached hydrogens (primary N) is 1. The number of anilines is 1. The zero-order chi connectivity index (χ0) is 36.3. The molecule has 4 saturated heterocycles. The van der Waals surface area contributed by atoms with Gasteiger partial charge < -0.3 is 52.9 Å². The molecule has 1 aromatic heterocycles. The first-order valence-electron chi connectivity index (χ1n) is 17.8. The second kappa shape index (κ2) is 16.8. The number of aliphatic imine (C=N–C) groups is 1. The van der Waals surface area contributed by atoms with Gasteiger partial charge in [-0.1, -0.05) is 40.2 Å². The number of fused-ring (bicyclic) bond motifs is 3. The fraction of sp³-hybridized carbons (Fsp3) is 0.694. The molecule has 1 aromatic rings. The van der Waals surface area contributed by atoms with Crippen molar-refractivity contribution >= 4 is 17.4 Å². The number of rotatable bonds is 10. The molecule has 4 fully saturated rings. The van der Waals surface area contributed by atoms with E-state index in [0.717, 1.165) is 50.8 Å². The van der Waals surface area contributed by atoms with E-state index in [-0.39, 0.29) is 56.5 Å². The number of aryl methyl sites for hydroxylation is 1. The fourth-order valence-electron chi connectivity index (χ4n) is 8.36. The Labute approximate surface area is 326 Å². The van der Waals surface area contributed by atoms with Crippen molar-refractivity contribution in [2.75, 3.05) is 37.7 Å². The second-order valence-electron chi connectivity index (χ2n) is 14.7. The molecule has 6 N–H and O–H groups in total. The summed E-state index contributed by atoms with van der Waals surface area (Å²) in [7, 11) is 0. The smallest absolute Gasteiger partial charge is 0.405 e. The number of nitriles is 1. The predicted molar refractivity (Wildman–Crippen MR) is 186 cm³/mol. The van der Waals surface area contributed by atoms with Crippen LogP contribution in [0.25, 0.3) is 5.70 Å². The summed E-state index contributed by atoms with van der Waals surface area (Å²) in [4.78, 5) is 23.3. The normalized spacial score (nSPS) is 30.9. The first kappa shape index (κ1) is 41.5. The summed E-state index contributed by atoms with van der Waals surface area (Å²) in [5, 5.41) is 40.9. The molecule has 0 saturated carbocycles. The number of alkyl halides is 1. The van der Waals surface area contributed by atoms with Crippen molar-refractivity contribution in [3.8, 4) is 6.07 Å². The Bertz CT molecular complexity index is 1560. The van der Waals surface area contributed by atoms with E-state index in [0.29, 0.717) is 61.3 Å². The van der Waals surface area contributed by atoms with Crippen LogP contribution in [0.5, 0.6) is 0 Å². The van der Waals surface area contributed by atoms with Crippen LogP contribution in [0.1, 0.15) is 97.1 Å². The minimum Gasteiger partial charge on any atom is -0.476 e. The summed E-state index contributed by atoms with van der Waals surface area (Å²) in [6, 6.07) is 2.26. The first-order valence-corrected chi connectivity index (χ1v) is 17.8. The van der Waals surface area contributed by atoms with Crippen molar-refractivity contribution in [2.24, 2.45) is 16.1 Å². The quantitative estimate of drug-likeness (QED) is 0.0769. The van der Waals surface area contributed by atoms with Gasteiger partial charge in [-0.2, -0.15) is 22.2 Å². The summed E-state index contributed by atoms with van der Waals surface area (Å²) >= 11 is 0. The van der Waals surface area contributed by atoms with Gasteiger partial charge in [0.25, 0.3) is 0 Å². The van der Waals surface area contributed by atoms with Gasteiger partial charge in [0.2, 0.25) is 5.95 Å². The molecule has 5 heterocycles. The maximum atomic E-state index is 12.8. The van der Waals surface area contributed by atoms with Crippen LogP contribution in [0.4, 0.5) is 10.3 Å².